The zero-order valence-corrected chi connectivity index (χ0v) is 13.6. The van der Waals surface area contributed by atoms with Crippen LogP contribution >= 0.6 is 15.9 Å². The second-order valence-electron chi connectivity index (χ2n) is 4.98. The quantitative estimate of drug-likeness (QED) is 0.809. The van der Waals surface area contributed by atoms with Crippen LogP contribution in [-0.4, -0.2) is 55.9 Å². The van der Waals surface area contributed by atoms with Crippen LogP contribution in [0.25, 0.3) is 0 Å². The lowest BCUT2D eigenvalue weighted by atomic mass is 10.0. The third kappa shape index (κ3) is 4.51. The lowest BCUT2D eigenvalue weighted by Crippen LogP contribution is -2.37. The second kappa shape index (κ2) is 7.89. The lowest BCUT2D eigenvalue weighted by Gasteiger charge is -2.26. The standard InChI is InChI=1S/C15H20BrNO4/c1-20-15(19)14(18)12-3-2-11(13(16)10-12)4-5-17-6-8-21-9-7-17/h2-3,10,14,18H,4-9H2,1H3. The van der Waals surface area contributed by atoms with Gasteiger partial charge in [-0.05, 0) is 23.6 Å². The van der Waals surface area contributed by atoms with Crippen LogP contribution in [0.15, 0.2) is 22.7 Å². The summed E-state index contributed by atoms with van der Waals surface area (Å²) in [7, 11) is 1.26. The molecule has 1 atom stereocenters. The Morgan fingerprint density at radius 2 is 2.19 bits per heavy atom. The number of nitrogens with zero attached hydrogens (tertiary/aromatic N) is 1. The zero-order chi connectivity index (χ0) is 15.2. The van der Waals surface area contributed by atoms with E-state index < -0.39 is 12.1 Å². The second-order valence-corrected chi connectivity index (χ2v) is 5.83. The monoisotopic (exact) mass is 357 g/mol. The van der Waals surface area contributed by atoms with Gasteiger partial charge in [-0.3, -0.25) is 4.90 Å². The Kier molecular flexibility index (Phi) is 6.17. The van der Waals surface area contributed by atoms with Crippen molar-refractivity contribution in [3.8, 4) is 0 Å². The third-order valence-electron chi connectivity index (χ3n) is 3.62. The molecule has 2 rings (SSSR count). The maximum absolute atomic E-state index is 11.3. The Labute approximate surface area is 133 Å². The minimum absolute atomic E-state index is 0.531. The van der Waals surface area contributed by atoms with Crippen molar-refractivity contribution in [1.29, 1.82) is 0 Å². The first-order valence-electron chi connectivity index (χ1n) is 6.96. The largest absolute Gasteiger partial charge is 0.467 e. The molecular weight excluding hydrogens is 338 g/mol. The van der Waals surface area contributed by atoms with Gasteiger partial charge < -0.3 is 14.6 Å². The van der Waals surface area contributed by atoms with Crippen LogP contribution in [0.3, 0.4) is 0 Å². The van der Waals surface area contributed by atoms with Crippen molar-refractivity contribution in [2.24, 2.45) is 0 Å². The molecule has 116 valence electrons. The van der Waals surface area contributed by atoms with Gasteiger partial charge in [-0.2, -0.15) is 0 Å². The van der Waals surface area contributed by atoms with E-state index in [2.05, 4.69) is 25.6 Å². The molecule has 0 aromatic heterocycles. The molecule has 1 unspecified atom stereocenters. The Morgan fingerprint density at radius 3 is 2.81 bits per heavy atom. The molecule has 0 amide bonds. The number of carbonyl (C=O) groups is 1. The molecule has 1 aliphatic rings. The predicted molar refractivity (Wildman–Crippen MR) is 82.1 cm³/mol. The number of hydrogen-bond donors (Lipinski definition) is 1. The number of benzene rings is 1. The highest BCUT2D eigenvalue weighted by Crippen LogP contribution is 2.24. The van der Waals surface area contributed by atoms with Crippen LogP contribution < -0.4 is 0 Å². The highest BCUT2D eigenvalue weighted by atomic mass is 79.9. The number of methoxy groups -OCH3 is 1. The summed E-state index contributed by atoms with van der Waals surface area (Å²) in [5, 5.41) is 9.82. The summed E-state index contributed by atoms with van der Waals surface area (Å²) in [6, 6.07) is 5.48. The molecule has 0 aliphatic carbocycles. The van der Waals surface area contributed by atoms with Crippen molar-refractivity contribution in [2.45, 2.75) is 12.5 Å². The topological polar surface area (TPSA) is 59.0 Å². The van der Waals surface area contributed by atoms with Crippen molar-refractivity contribution < 1.29 is 19.4 Å². The molecule has 1 aromatic carbocycles. The van der Waals surface area contributed by atoms with Gasteiger partial charge in [0.25, 0.3) is 0 Å². The number of halogens is 1. The van der Waals surface area contributed by atoms with Gasteiger partial charge in [-0.25, -0.2) is 4.79 Å². The van der Waals surface area contributed by atoms with Crippen LogP contribution in [-0.2, 0) is 20.7 Å². The molecule has 0 saturated carbocycles. The van der Waals surface area contributed by atoms with Crippen molar-refractivity contribution in [2.75, 3.05) is 40.0 Å². The Hall–Kier alpha value is -0.950. The highest BCUT2D eigenvalue weighted by molar-refractivity contribution is 9.10. The van der Waals surface area contributed by atoms with Gasteiger partial charge in [0, 0.05) is 24.1 Å². The molecule has 5 nitrogen and oxygen atoms in total. The molecule has 1 N–H and O–H groups in total. The number of esters is 1. The molecule has 1 saturated heterocycles. The summed E-state index contributed by atoms with van der Waals surface area (Å²) < 4.78 is 10.8. The molecule has 0 spiro atoms. The summed E-state index contributed by atoms with van der Waals surface area (Å²) in [5.41, 5.74) is 1.69. The van der Waals surface area contributed by atoms with Gasteiger partial charge in [0.05, 0.1) is 20.3 Å². The number of hydrogen-bond acceptors (Lipinski definition) is 5. The van der Waals surface area contributed by atoms with E-state index >= 15 is 0 Å². The van der Waals surface area contributed by atoms with E-state index in [1.165, 1.54) is 7.11 Å². The van der Waals surface area contributed by atoms with Gasteiger partial charge in [0.15, 0.2) is 6.10 Å². The molecule has 6 heteroatoms. The molecule has 1 heterocycles. The van der Waals surface area contributed by atoms with Crippen molar-refractivity contribution in [3.05, 3.63) is 33.8 Å². The summed E-state index contributed by atoms with van der Waals surface area (Å²) in [5.74, 6) is -0.650. The minimum Gasteiger partial charge on any atom is -0.467 e. The minimum atomic E-state index is -1.24. The van der Waals surface area contributed by atoms with E-state index in [-0.39, 0.29) is 0 Å². The average molecular weight is 358 g/mol. The van der Waals surface area contributed by atoms with Crippen molar-refractivity contribution in [1.82, 2.24) is 4.90 Å². The Balaban J connectivity index is 1.96. The normalized spacial score (nSPS) is 17.5. The summed E-state index contributed by atoms with van der Waals surface area (Å²) in [4.78, 5) is 13.7. The first-order chi connectivity index (χ1) is 10.1. The maximum atomic E-state index is 11.3. The molecule has 0 radical (unpaired) electrons. The van der Waals surface area contributed by atoms with Crippen LogP contribution in [0.2, 0.25) is 0 Å². The summed E-state index contributed by atoms with van der Waals surface area (Å²) >= 11 is 3.51. The molecule has 0 bridgehead atoms. The van der Waals surface area contributed by atoms with Gasteiger partial charge in [0.1, 0.15) is 0 Å². The van der Waals surface area contributed by atoms with E-state index in [0.717, 1.165) is 49.3 Å². The number of morpholine rings is 1. The van der Waals surface area contributed by atoms with Crippen molar-refractivity contribution in [3.63, 3.8) is 0 Å². The highest BCUT2D eigenvalue weighted by Gasteiger charge is 2.19. The fourth-order valence-electron chi connectivity index (χ4n) is 2.29. The van der Waals surface area contributed by atoms with E-state index in [0.29, 0.717) is 5.56 Å². The average Bonchev–Trinajstić information content (AvgIpc) is 2.53. The molecule has 21 heavy (non-hydrogen) atoms. The molecular formula is C15H20BrNO4. The molecule has 1 fully saturated rings. The third-order valence-corrected chi connectivity index (χ3v) is 4.36. The smallest absolute Gasteiger partial charge is 0.339 e. The first kappa shape index (κ1) is 16.4. The van der Waals surface area contributed by atoms with E-state index in [1.807, 2.05) is 6.07 Å². The number of ether oxygens (including phenoxy) is 2. The molecule has 1 aliphatic heterocycles. The fourth-order valence-corrected chi connectivity index (χ4v) is 2.88. The zero-order valence-electron chi connectivity index (χ0n) is 12.0. The SMILES string of the molecule is COC(=O)C(O)c1ccc(CCN2CCOCC2)c(Br)c1. The van der Waals surface area contributed by atoms with Crippen LogP contribution in [0.4, 0.5) is 0 Å². The van der Waals surface area contributed by atoms with Gasteiger partial charge in [0.2, 0.25) is 0 Å². The van der Waals surface area contributed by atoms with E-state index in [9.17, 15) is 9.90 Å². The number of carbonyl (C=O) groups excluding carboxylic acids is 1. The van der Waals surface area contributed by atoms with Gasteiger partial charge in [-0.15, -0.1) is 0 Å². The van der Waals surface area contributed by atoms with Crippen LogP contribution in [0, 0.1) is 0 Å². The van der Waals surface area contributed by atoms with E-state index in [4.69, 9.17) is 4.74 Å². The summed E-state index contributed by atoms with van der Waals surface area (Å²) in [6.07, 6.45) is -0.325. The van der Waals surface area contributed by atoms with E-state index in [1.54, 1.807) is 12.1 Å². The van der Waals surface area contributed by atoms with Crippen LogP contribution in [0.5, 0.6) is 0 Å². The number of rotatable bonds is 5. The van der Waals surface area contributed by atoms with Gasteiger partial charge in [-0.1, -0.05) is 28.1 Å². The van der Waals surface area contributed by atoms with Gasteiger partial charge >= 0.3 is 5.97 Å². The van der Waals surface area contributed by atoms with Crippen molar-refractivity contribution >= 4 is 21.9 Å². The first-order valence-corrected chi connectivity index (χ1v) is 7.75. The molecule has 1 aromatic rings. The number of aliphatic hydroxyl groups excluding tert-OH is 1. The fraction of sp³-hybridized carbons (Fsp3) is 0.533. The Bertz CT molecular complexity index is 489. The summed E-state index contributed by atoms with van der Waals surface area (Å²) in [6.45, 7) is 4.51. The predicted octanol–water partition coefficient (Wildman–Crippen LogP) is 1.53. The lowest BCUT2D eigenvalue weighted by molar-refractivity contribution is -0.150. The maximum Gasteiger partial charge on any atom is 0.339 e. The van der Waals surface area contributed by atoms with Crippen LogP contribution in [0.1, 0.15) is 17.2 Å². The number of aliphatic hydroxyl groups is 1. The Morgan fingerprint density at radius 1 is 1.48 bits per heavy atom.